The molecule has 524 valence electrons. The van der Waals surface area contributed by atoms with E-state index in [4.69, 9.17) is 0 Å². The zero-order valence-corrected chi connectivity index (χ0v) is 59.9. The van der Waals surface area contributed by atoms with Gasteiger partial charge in [-0.3, -0.25) is 29.0 Å². The van der Waals surface area contributed by atoms with E-state index in [2.05, 4.69) is 146 Å². The summed E-state index contributed by atoms with van der Waals surface area (Å²) in [5, 5.41) is 9.79. The summed E-state index contributed by atoms with van der Waals surface area (Å²) >= 11 is 0. The van der Waals surface area contributed by atoms with Crippen LogP contribution in [0.15, 0.2) is 91.3 Å². The van der Waals surface area contributed by atoms with Crippen molar-refractivity contribution >= 4 is 29.5 Å². The lowest BCUT2D eigenvalue weighted by molar-refractivity contribution is -0.137. The Morgan fingerprint density at radius 3 is 1.47 bits per heavy atom. The van der Waals surface area contributed by atoms with Crippen molar-refractivity contribution in [3.8, 4) is 0 Å². The Kier molecular flexibility index (Phi) is 22.9. The lowest BCUT2D eigenvalue weighted by atomic mass is 9.63. The number of hydrogen-bond acceptors (Lipinski definition) is 9. The summed E-state index contributed by atoms with van der Waals surface area (Å²) in [5.74, 6) is -0.268. The van der Waals surface area contributed by atoms with Crippen molar-refractivity contribution < 1.29 is 32.6 Å². The van der Waals surface area contributed by atoms with Gasteiger partial charge in [-0.25, -0.2) is 4.39 Å². The number of halogens is 1. The van der Waals surface area contributed by atoms with Gasteiger partial charge in [0.15, 0.2) is 0 Å². The molecule has 0 unspecified atom stereocenters. The lowest BCUT2D eigenvalue weighted by Crippen LogP contribution is -2.49. The van der Waals surface area contributed by atoms with Gasteiger partial charge in [0, 0.05) is 43.1 Å². The minimum atomic E-state index is -0.467. The van der Waals surface area contributed by atoms with Crippen LogP contribution in [0.5, 0.6) is 0 Å². The molecule has 6 heterocycles. The highest BCUT2D eigenvalue weighted by Crippen LogP contribution is 2.51. The number of amides is 5. The summed E-state index contributed by atoms with van der Waals surface area (Å²) in [5.41, 5.74) is 9.89. The molecule has 3 aliphatic carbocycles. The van der Waals surface area contributed by atoms with Crippen LogP contribution in [0.1, 0.15) is 264 Å². The van der Waals surface area contributed by atoms with E-state index in [0.29, 0.717) is 41.3 Å². The maximum atomic E-state index is 14.4. The quantitative estimate of drug-likeness (QED) is 0.119. The number of benzene rings is 3. The Labute approximate surface area is 573 Å². The number of likely N-dealkylation sites (tertiary alicyclic amines) is 5. The van der Waals surface area contributed by atoms with E-state index in [1.165, 1.54) is 99.4 Å². The van der Waals surface area contributed by atoms with E-state index in [-0.39, 0.29) is 80.0 Å². The van der Waals surface area contributed by atoms with Crippen molar-refractivity contribution in [2.75, 3.05) is 72.0 Å². The molecular formula is C80H122FN9O5. The molecule has 3 N–H and O–H groups in total. The predicted molar refractivity (Wildman–Crippen MR) is 385 cm³/mol. The largest absolute Gasteiger partial charge is 0.348 e. The van der Waals surface area contributed by atoms with Gasteiger partial charge >= 0.3 is 0 Å². The smallest absolute Gasteiger partial charge is 0.253 e. The Hall–Kier alpha value is -6.03. The Bertz CT molecular complexity index is 3290. The van der Waals surface area contributed by atoms with Crippen LogP contribution in [-0.4, -0.2) is 143 Å². The number of fused-ring (bicyclic) bond motifs is 6. The summed E-state index contributed by atoms with van der Waals surface area (Å²) in [6, 6.07) is 25.6. The van der Waals surface area contributed by atoms with Crippen molar-refractivity contribution in [1.29, 1.82) is 0 Å². The third kappa shape index (κ3) is 17.8. The molecule has 4 aromatic rings. The van der Waals surface area contributed by atoms with Crippen LogP contribution in [0.3, 0.4) is 0 Å². The predicted octanol–water partition coefficient (Wildman–Crippen LogP) is 14.8. The standard InChI is InChI=1S/C27H40FN3O2.C27H41N3O2.C26H35N3O.3H2/c1-19(31-14-5-6-24(31)32)25(33)29-23-9-10-27(22-18-20(28)7-8-21(22)23)12-16-30(17-13-27)15-11-26(2,3)4;1-20(31)30-16-7-10-24(30)25(32)28-23-11-12-27(22-9-6-5-8-21(22)23)14-18-29(19-15-27)17-13-26(2,3)4;1-25(2,3)12-16-29-17-13-26(14-18-29)11-10-23(21-8-4-5-9-22(21)26)28-24(30)20-7-6-15-27-19-20;;;/h7-8,18-19,23H,5-6,9-17H2,1-4H3,(H,29,33);5-6,8-9,23-24H,7,10-19H2,1-4H3,(H,28,32);4-9,15,19,23H,10-14,16-18H2,1-3H3,(H,28,30);3*1H/t19-,23-;23-,24-;23-;;;/m011.../s1. The number of aromatic nitrogens is 1. The van der Waals surface area contributed by atoms with Crippen molar-refractivity contribution in [2.24, 2.45) is 16.2 Å². The first-order valence-electron chi connectivity index (χ1n) is 36.7. The third-order valence-corrected chi connectivity index (χ3v) is 23.3. The molecule has 12 rings (SSSR count). The highest BCUT2D eigenvalue weighted by atomic mass is 19.1. The normalized spacial score (nSPS) is 23.7. The molecule has 15 heteroatoms. The van der Waals surface area contributed by atoms with Crippen molar-refractivity contribution in [1.82, 2.24) is 45.4 Å². The molecule has 5 atom stereocenters. The molecule has 5 saturated heterocycles. The molecule has 3 spiro atoms. The van der Waals surface area contributed by atoms with Crippen LogP contribution in [0.4, 0.5) is 4.39 Å². The number of carbonyl (C=O) groups is 5. The van der Waals surface area contributed by atoms with Gasteiger partial charge in [0.25, 0.3) is 5.91 Å². The number of hydrogen-bond donors (Lipinski definition) is 3. The summed E-state index contributed by atoms with van der Waals surface area (Å²) in [7, 11) is 0. The van der Waals surface area contributed by atoms with Gasteiger partial charge < -0.3 is 40.4 Å². The van der Waals surface area contributed by atoms with Crippen LogP contribution in [-0.2, 0) is 35.4 Å². The molecule has 95 heavy (non-hydrogen) atoms. The van der Waals surface area contributed by atoms with Crippen molar-refractivity contribution in [2.45, 2.75) is 245 Å². The summed E-state index contributed by atoms with van der Waals surface area (Å²) in [6.45, 7) is 35.8. The SMILES string of the molecule is CC(=O)N1CCC[C@@H]1C(=O)N[C@@H]1CCC2(CCN(CCC(C)(C)C)CC2)c2ccccc21.CC(C)(C)CCN1CCC2(CC[C@@H](NC(=O)c3cccnc3)c3ccccc32)CC1.C[C@@H](C(=O)N[C@H]1CCC2(CCN(CCC(C)(C)C)CC2)c2cc(F)ccc21)N1CCCC1=O.[HH].[HH].[HH]. The van der Waals surface area contributed by atoms with E-state index < -0.39 is 6.04 Å². The number of carbonyl (C=O) groups excluding carboxylic acids is 5. The fourth-order valence-corrected chi connectivity index (χ4v) is 17.0. The van der Waals surface area contributed by atoms with Crippen molar-refractivity contribution in [3.05, 3.63) is 136 Å². The summed E-state index contributed by atoms with van der Waals surface area (Å²) in [6.07, 6.45) is 23.0. The third-order valence-electron chi connectivity index (χ3n) is 23.3. The zero-order chi connectivity index (χ0) is 67.9. The number of rotatable bonds is 13. The van der Waals surface area contributed by atoms with Crippen LogP contribution in [0, 0.1) is 22.1 Å². The summed E-state index contributed by atoms with van der Waals surface area (Å²) in [4.78, 5) is 78.2. The fourth-order valence-electron chi connectivity index (χ4n) is 17.0. The number of pyridine rings is 1. The number of nitrogens with zero attached hydrogens (tertiary/aromatic N) is 6. The average Bonchev–Trinajstić information content (AvgIpc) is 1.59. The van der Waals surface area contributed by atoms with Gasteiger partial charge in [0.1, 0.15) is 17.9 Å². The van der Waals surface area contributed by atoms with E-state index >= 15 is 0 Å². The molecule has 5 aliphatic heterocycles. The molecule has 5 amide bonds. The molecule has 0 bridgehead atoms. The second kappa shape index (κ2) is 30.4. The second-order valence-corrected chi connectivity index (χ2v) is 33.4. The van der Waals surface area contributed by atoms with Gasteiger partial charge in [0.2, 0.25) is 23.6 Å². The topological polar surface area (TPSA) is 151 Å². The molecule has 14 nitrogen and oxygen atoms in total. The van der Waals surface area contributed by atoms with E-state index in [0.717, 1.165) is 114 Å². The number of piperidine rings is 3. The van der Waals surface area contributed by atoms with Gasteiger partial charge in [-0.05, 0) is 272 Å². The van der Waals surface area contributed by atoms with Gasteiger partial charge in [0.05, 0.1) is 23.7 Å². The van der Waals surface area contributed by atoms with Crippen molar-refractivity contribution in [3.63, 3.8) is 0 Å². The average molecular weight is 1310 g/mol. The first-order chi connectivity index (χ1) is 45.1. The summed E-state index contributed by atoms with van der Waals surface area (Å²) < 4.78 is 14.4. The van der Waals surface area contributed by atoms with Crippen LogP contribution >= 0.6 is 0 Å². The molecule has 0 saturated carbocycles. The Morgan fingerprint density at radius 1 is 0.558 bits per heavy atom. The minimum Gasteiger partial charge on any atom is -0.348 e. The first kappa shape index (κ1) is 71.7. The molecule has 8 aliphatic rings. The van der Waals surface area contributed by atoms with E-state index in [1.807, 2.05) is 25.1 Å². The minimum absolute atomic E-state index is 0. The van der Waals surface area contributed by atoms with Crippen LogP contribution < -0.4 is 16.0 Å². The highest BCUT2D eigenvalue weighted by molar-refractivity contribution is 5.94. The van der Waals surface area contributed by atoms with Gasteiger partial charge in [-0.2, -0.15) is 0 Å². The second-order valence-electron chi connectivity index (χ2n) is 33.4. The highest BCUT2D eigenvalue weighted by Gasteiger charge is 2.47. The maximum absolute atomic E-state index is 14.4. The first-order valence-corrected chi connectivity index (χ1v) is 36.7. The Morgan fingerprint density at radius 2 is 1.02 bits per heavy atom. The Balaban J connectivity index is 0.000000204. The number of nitrogens with one attached hydrogen (secondary N) is 3. The van der Waals surface area contributed by atoms with Gasteiger partial charge in [-0.1, -0.05) is 117 Å². The maximum Gasteiger partial charge on any atom is 0.253 e. The fraction of sp³-hybridized carbons (Fsp3) is 0.650. The lowest BCUT2D eigenvalue weighted by Gasteiger charge is -2.47. The van der Waals surface area contributed by atoms with Gasteiger partial charge in [-0.15, -0.1) is 0 Å². The molecule has 5 fully saturated rings. The zero-order valence-electron chi connectivity index (χ0n) is 59.9. The molecule has 1 aromatic heterocycles. The van der Waals surface area contributed by atoms with E-state index in [9.17, 15) is 28.4 Å². The van der Waals surface area contributed by atoms with Crippen LogP contribution in [0.2, 0.25) is 0 Å². The van der Waals surface area contributed by atoms with Crippen LogP contribution in [0.25, 0.3) is 0 Å². The molecule has 0 radical (unpaired) electrons. The molecule has 3 aromatic carbocycles. The monoisotopic (exact) mass is 1310 g/mol. The molecular weight excluding hydrogens is 1190 g/mol. The van der Waals surface area contributed by atoms with E-state index in [1.54, 1.807) is 35.2 Å².